The van der Waals surface area contributed by atoms with Crippen LogP contribution in [0.25, 0.3) is 0 Å². The Bertz CT molecular complexity index is 1060. The van der Waals surface area contributed by atoms with Crippen LogP contribution in [-0.2, 0) is 17.9 Å². The third kappa shape index (κ3) is 6.09. The van der Waals surface area contributed by atoms with Crippen LogP contribution in [0.2, 0.25) is 0 Å². The molecule has 1 unspecified atom stereocenters. The first-order chi connectivity index (χ1) is 16.5. The van der Waals surface area contributed by atoms with Gasteiger partial charge in [-0.1, -0.05) is 24.3 Å². The van der Waals surface area contributed by atoms with E-state index >= 15 is 0 Å². The number of nitrogens with zero attached hydrogens (tertiary/aromatic N) is 2. The molecule has 1 aliphatic heterocycles. The second-order valence-electron chi connectivity index (χ2n) is 8.36. The largest absolute Gasteiger partial charge is 0.353 e. The summed E-state index contributed by atoms with van der Waals surface area (Å²) in [5.74, 6) is -0.534. The van der Waals surface area contributed by atoms with E-state index in [2.05, 4.69) is 21.7 Å². The van der Waals surface area contributed by atoms with Crippen LogP contribution in [0.4, 0.5) is 4.39 Å². The number of thiophene rings is 2. The van der Waals surface area contributed by atoms with Crippen molar-refractivity contribution >= 4 is 34.5 Å². The Labute approximate surface area is 207 Å². The fraction of sp³-hybridized carbons (Fsp3) is 0.360. The summed E-state index contributed by atoms with van der Waals surface area (Å²) in [7, 11) is 0. The highest BCUT2D eigenvalue weighted by Crippen LogP contribution is 2.28. The molecule has 0 radical (unpaired) electrons. The Morgan fingerprint density at radius 1 is 1.09 bits per heavy atom. The highest BCUT2D eigenvalue weighted by Gasteiger charge is 2.38. The average molecular weight is 501 g/mol. The number of benzene rings is 1. The molecule has 2 atom stereocenters. The molecule has 0 aliphatic carbocycles. The highest BCUT2D eigenvalue weighted by molar-refractivity contribution is 7.12. The summed E-state index contributed by atoms with van der Waals surface area (Å²) in [6, 6.07) is 13.9. The molecule has 1 aliphatic rings. The maximum atomic E-state index is 13.5. The molecule has 1 aromatic carbocycles. The molecule has 34 heavy (non-hydrogen) atoms. The second kappa shape index (κ2) is 11.7. The molecule has 1 fully saturated rings. The summed E-state index contributed by atoms with van der Waals surface area (Å²) in [6.07, 6.45) is 1.28. The second-order valence-corrected chi connectivity index (χ2v) is 10.3. The zero-order valence-electron chi connectivity index (χ0n) is 18.9. The van der Waals surface area contributed by atoms with Gasteiger partial charge in [-0.15, -0.1) is 22.7 Å². The van der Waals surface area contributed by atoms with Gasteiger partial charge in [-0.2, -0.15) is 0 Å². The number of carbonyl (C=O) groups excluding carboxylic acids is 2. The maximum absolute atomic E-state index is 13.5. The number of carbonyl (C=O) groups is 2. The summed E-state index contributed by atoms with van der Waals surface area (Å²) in [6.45, 7) is 2.58. The number of likely N-dealkylation sites (tertiary alicyclic amines) is 1. The fourth-order valence-electron chi connectivity index (χ4n) is 4.37. The molecule has 2 amide bonds. The lowest BCUT2D eigenvalue weighted by Gasteiger charge is -2.42. The maximum Gasteiger partial charge on any atom is 0.264 e. The summed E-state index contributed by atoms with van der Waals surface area (Å²) in [4.78, 5) is 32.2. The van der Waals surface area contributed by atoms with Crippen LogP contribution in [0.15, 0.2) is 59.3 Å². The van der Waals surface area contributed by atoms with Crippen molar-refractivity contribution in [3.63, 3.8) is 0 Å². The quantitative estimate of drug-likeness (QED) is 0.470. The highest BCUT2D eigenvalue weighted by atomic mass is 32.1. The number of piperidine rings is 1. The van der Waals surface area contributed by atoms with Gasteiger partial charge >= 0.3 is 0 Å². The summed E-state index contributed by atoms with van der Waals surface area (Å²) in [5.41, 5.74) is 6.61. The van der Waals surface area contributed by atoms with Crippen LogP contribution >= 0.6 is 22.7 Å². The molecule has 180 valence electrons. The lowest BCUT2D eigenvalue weighted by molar-refractivity contribution is -0.127. The zero-order valence-corrected chi connectivity index (χ0v) is 20.5. The number of amides is 2. The average Bonchev–Trinajstić information content (AvgIpc) is 3.57. The monoisotopic (exact) mass is 500 g/mol. The van der Waals surface area contributed by atoms with Gasteiger partial charge < -0.3 is 16.0 Å². The molecule has 1 saturated heterocycles. The molecule has 6 nitrogen and oxygen atoms in total. The van der Waals surface area contributed by atoms with E-state index in [0.717, 1.165) is 18.5 Å². The van der Waals surface area contributed by atoms with Gasteiger partial charge in [0.15, 0.2) is 0 Å². The molecule has 2 aromatic heterocycles. The van der Waals surface area contributed by atoms with Crippen LogP contribution in [0.1, 0.15) is 33.0 Å². The molecule has 0 spiro atoms. The number of halogens is 1. The molecular weight excluding hydrogens is 471 g/mol. The van der Waals surface area contributed by atoms with Gasteiger partial charge in [-0.3, -0.25) is 14.5 Å². The Hall–Kier alpha value is -2.59. The number of nitrogens with two attached hydrogens (primary N) is 1. The van der Waals surface area contributed by atoms with Crippen molar-refractivity contribution in [3.05, 3.63) is 80.4 Å². The lowest BCUT2D eigenvalue weighted by Crippen LogP contribution is -2.57. The standard InChI is InChI=1S/C25H29FN4O2S2/c26-19-7-5-18(6-8-19)16-29(17-21-3-1-13-33-21)20-9-12-30(25(32)23-4-2-14-34-23)22(15-20)24(31)28-11-10-27/h1-8,13-14,20,22H,9-12,15-17,27H2,(H,28,31)/t20?,22-/m1/s1. The lowest BCUT2D eigenvalue weighted by atomic mass is 9.94. The first-order valence-electron chi connectivity index (χ1n) is 11.4. The van der Waals surface area contributed by atoms with E-state index in [-0.39, 0.29) is 23.7 Å². The smallest absolute Gasteiger partial charge is 0.264 e. The van der Waals surface area contributed by atoms with E-state index in [4.69, 9.17) is 5.73 Å². The molecule has 0 bridgehead atoms. The first kappa shape index (κ1) is 24.5. The normalized spacial score (nSPS) is 18.3. The first-order valence-corrected chi connectivity index (χ1v) is 13.1. The minimum absolute atomic E-state index is 0.0909. The minimum atomic E-state index is -0.570. The van der Waals surface area contributed by atoms with Crippen LogP contribution < -0.4 is 11.1 Å². The molecule has 4 rings (SSSR count). The molecule has 3 aromatic rings. The number of nitrogens with one attached hydrogen (secondary N) is 1. The molecule has 3 heterocycles. The van der Waals surface area contributed by atoms with Gasteiger partial charge in [0.1, 0.15) is 11.9 Å². The van der Waals surface area contributed by atoms with Gasteiger partial charge in [0.2, 0.25) is 5.91 Å². The Morgan fingerprint density at radius 3 is 2.53 bits per heavy atom. The van der Waals surface area contributed by atoms with Gasteiger partial charge in [-0.05, 0) is 53.4 Å². The van der Waals surface area contributed by atoms with Crippen LogP contribution in [0.3, 0.4) is 0 Å². The van der Waals surface area contributed by atoms with E-state index in [0.29, 0.717) is 37.5 Å². The Morgan fingerprint density at radius 2 is 1.85 bits per heavy atom. The summed E-state index contributed by atoms with van der Waals surface area (Å²) >= 11 is 3.08. The van der Waals surface area contributed by atoms with Crippen molar-refractivity contribution < 1.29 is 14.0 Å². The van der Waals surface area contributed by atoms with Crippen molar-refractivity contribution in [1.82, 2.24) is 15.1 Å². The van der Waals surface area contributed by atoms with Crippen molar-refractivity contribution in [2.45, 2.75) is 38.0 Å². The van der Waals surface area contributed by atoms with Crippen molar-refractivity contribution in [2.75, 3.05) is 19.6 Å². The van der Waals surface area contributed by atoms with Crippen molar-refractivity contribution in [1.29, 1.82) is 0 Å². The van der Waals surface area contributed by atoms with Crippen molar-refractivity contribution in [2.24, 2.45) is 5.73 Å². The van der Waals surface area contributed by atoms with E-state index < -0.39 is 6.04 Å². The number of rotatable bonds is 9. The topological polar surface area (TPSA) is 78.7 Å². The SMILES string of the molecule is NCCNC(=O)[C@H]1CC(N(Cc2ccc(F)cc2)Cc2cccs2)CCN1C(=O)c1cccs1. The minimum Gasteiger partial charge on any atom is -0.353 e. The molecule has 3 N–H and O–H groups in total. The number of hydrogen-bond acceptors (Lipinski definition) is 6. The van der Waals surface area contributed by atoms with E-state index in [1.807, 2.05) is 17.5 Å². The number of hydrogen-bond donors (Lipinski definition) is 2. The fourth-order valence-corrected chi connectivity index (χ4v) is 5.77. The Balaban J connectivity index is 1.56. The van der Waals surface area contributed by atoms with Gasteiger partial charge in [0, 0.05) is 43.6 Å². The van der Waals surface area contributed by atoms with Crippen LogP contribution in [-0.4, -0.2) is 53.3 Å². The Kier molecular flexibility index (Phi) is 8.44. The zero-order chi connectivity index (χ0) is 23.9. The predicted octanol–water partition coefficient (Wildman–Crippen LogP) is 3.70. The van der Waals surface area contributed by atoms with E-state index in [9.17, 15) is 14.0 Å². The predicted molar refractivity (Wildman–Crippen MR) is 134 cm³/mol. The third-order valence-corrected chi connectivity index (χ3v) is 7.79. The van der Waals surface area contributed by atoms with Crippen molar-refractivity contribution in [3.8, 4) is 0 Å². The summed E-state index contributed by atoms with van der Waals surface area (Å²) in [5, 5.41) is 6.80. The summed E-state index contributed by atoms with van der Waals surface area (Å²) < 4.78 is 13.5. The molecular formula is C25H29FN4O2S2. The van der Waals surface area contributed by atoms with Gasteiger partial charge in [-0.25, -0.2) is 4.39 Å². The van der Waals surface area contributed by atoms with Crippen LogP contribution in [0.5, 0.6) is 0 Å². The van der Waals surface area contributed by atoms with Gasteiger partial charge in [0.25, 0.3) is 5.91 Å². The van der Waals surface area contributed by atoms with E-state index in [1.54, 1.807) is 34.4 Å². The molecule has 0 saturated carbocycles. The third-order valence-electron chi connectivity index (χ3n) is 6.07. The van der Waals surface area contributed by atoms with E-state index in [1.165, 1.54) is 28.3 Å². The molecule has 9 heteroatoms. The van der Waals surface area contributed by atoms with Crippen LogP contribution in [0, 0.1) is 5.82 Å². The van der Waals surface area contributed by atoms with Gasteiger partial charge in [0.05, 0.1) is 4.88 Å².